The van der Waals surface area contributed by atoms with E-state index in [1.807, 2.05) is 0 Å². The lowest BCUT2D eigenvalue weighted by atomic mass is 9.96. The fraction of sp³-hybridized carbons (Fsp3) is 0.500. The Morgan fingerprint density at radius 3 is 2.24 bits per heavy atom. The molecule has 0 amide bonds. The zero-order chi connectivity index (χ0) is 16.0. The van der Waals surface area contributed by atoms with Crippen LogP contribution >= 0.6 is 0 Å². The number of hydrogen-bond donors (Lipinski definition) is 1. The molecule has 0 aliphatic heterocycles. The van der Waals surface area contributed by atoms with Gasteiger partial charge in [-0.25, -0.2) is 0 Å². The molecule has 0 fully saturated rings. The van der Waals surface area contributed by atoms with Crippen molar-refractivity contribution in [3.63, 3.8) is 0 Å². The average Bonchev–Trinajstić information content (AvgIpc) is 2.37. The van der Waals surface area contributed by atoms with Crippen molar-refractivity contribution in [2.45, 2.75) is 39.2 Å². The zero-order valence-electron chi connectivity index (χ0n) is 12.9. The van der Waals surface area contributed by atoms with Gasteiger partial charge >= 0.3 is 11.9 Å². The molecule has 5 nitrogen and oxygen atoms in total. The van der Waals surface area contributed by atoms with Gasteiger partial charge in [0.25, 0.3) is 0 Å². The minimum absolute atomic E-state index is 0.0369. The summed E-state index contributed by atoms with van der Waals surface area (Å²) in [4.78, 5) is 23.7. The molecule has 1 atom stereocenters. The van der Waals surface area contributed by atoms with Crippen LogP contribution in [0.3, 0.4) is 0 Å². The summed E-state index contributed by atoms with van der Waals surface area (Å²) >= 11 is 0. The highest BCUT2D eigenvalue weighted by atomic mass is 16.6. The summed E-state index contributed by atoms with van der Waals surface area (Å²) in [6, 6.07) is 6.50. The second-order valence-electron chi connectivity index (χ2n) is 5.88. The third-order valence-corrected chi connectivity index (χ3v) is 2.79. The Balaban J connectivity index is 2.74. The fourth-order valence-corrected chi connectivity index (χ4v) is 1.91. The summed E-state index contributed by atoms with van der Waals surface area (Å²) < 4.78 is 9.98. The number of phenolic OH excluding ortho intramolecular Hbond substituents is 1. The molecule has 21 heavy (non-hydrogen) atoms. The van der Waals surface area contributed by atoms with Gasteiger partial charge in [0.2, 0.25) is 0 Å². The Bertz CT molecular complexity index is 484. The van der Waals surface area contributed by atoms with E-state index in [0.717, 1.165) is 5.56 Å². The summed E-state index contributed by atoms with van der Waals surface area (Å²) in [6.45, 7) is 5.33. The summed E-state index contributed by atoms with van der Waals surface area (Å²) in [7, 11) is 1.29. The van der Waals surface area contributed by atoms with Crippen LogP contribution in [-0.2, 0) is 25.5 Å². The average molecular weight is 294 g/mol. The van der Waals surface area contributed by atoms with Crippen LogP contribution in [0, 0.1) is 5.92 Å². The van der Waals surface area contributed by atoms with E-state index in [4.69, 9.17) is 9.47 Å². The van der Waals surface area contributed by atoms with Crippen molar-refractivity contribution in [1.82, 2.24) is 0 Å². The number of ether oxygens (including phenoxy) is 2. The van der Waals surface area contributed by atoms with E-state index >= 15 is 0 Å². The molecule has 0 saturated carbocycles. The molecule has 0 bridgehead atoms. The van der Waals surface area contributed by atoms with Crippen LogP contribution in [0.1, 0.15) is 32.8 Å². The number of benzene rings is 1. The number of phenols is 1. The highest BCUT2D eigenvalue weighted by Gasteiger charge is 2.26. The Kier molecular flexibility index (Phi) is 5.76. The summed E-state index contributed by atoms with van der Waals surface area (Å²) in [5, 5.41) is 9.25. The van der Waals surface area contributed by atoms with E-state index in [-0.39, 0.29) is 12.2 Å². The van der Waals surface area contributed by atoms with E-state index in [9.17, 15) is 14.7 Å². The van der Waals surface area contributed by atoms with Gasteiger partial charge in [-0.1, -0.05) is 12.1 Å². The van der Waals surface area contributed by atoms with Crippen LogP contribution in [0.2, 0.25) is 0 Å². The van der Waals surface area contributed by atoms with Crippen LogP contribution in [0.5, 0.6) is 5.75 Å². The zero-order valence-corrected chi connectivity index (χ0v) is 12.9. The third kappa shape index (κ3) is 6.29. The lowest BCUT2D eigenvalue weighted by molar-refractivity contribution is -0.160. The van der Waals surface area contributed by atoms with Crippen molar-refractivity contribution in [1.29, 1.82) is 0 Å². The number of carbonyl (C=O) groups excluding carboxylic acids is 2. The van der Waals surface area contributed by atoms with Crippen molar-refractivity contribution in [3.8, 4) is 5.75 Å². The van der Waals surface area contributed by atoms with Crippen LogP contribution < -0.4 is 0 Å². The quantitative estimate of drug-likeness (QED) is 0.844. The third-order valence-electron chi connectivity index (χ3n) is 2.79. The Hall–Kier alpha value is -2.04. The first-order valence-corrected chi connectivity index (χ1v) is 6.79. The van der Waals surface area contributed by atoms with Crippen LogP contribution in [0.4, 0.5) is 0 Å². The molecule has 1 aromatic carbocycles. The van der Waals surface area contributed by atoms with Gasteiger partial charge in [0.1, 0.15) is 11.4 Å². The predicted octanol–water partition coefficient (Wildman–Crippen LogP) is 2.46. The molecule has 116 valence electrons. The molecule has 0 aliphatic rings. The molecule has 5 heteroatoms. The van der Waals surface area contributed by atoms with Crippen LogP contribution in [-0.4, -0.2) is 29.8 Å². The van der Waals surface area contributed by atoms with Gasteiger partial charge in [-0.2, -0.15) is 0 Å². The van der Waals surface area contributed by atoms with E-state index in [2.05, 4.69) is 0 Å². The minimum atomic E-state index is -0.602. The SMILES string of the molecule is COC(=O)[C@@H](CC(=O)OC(C)(C)C)Cc1ccc(O)cc1. The molecule has 0 aliphatic carbocycles. The fourth-order valence-electron chi connectivity index (χ4n) is 1.91. The van der Waals surface area contributed by atoms with Gasteiger partial charge in [-0.3, -0.25) is 9.59 Å². The molecule has 0 radical (unpaired) electrons. The molecule has 0 spiro atoms. The summed E-state index contributed by atoms with van der Waals surface area (Å²) in [6.07, 6.45) is 0.316. The van der Waals surface area contributed by atoms with Gasteiger partial charge in [0.15, 0.2) is 0 Å². The number of rotatable bonds is 5. The molecule has 1 rings (SSSR count). The first-order valence-electron chi connectivity index (χ1n) is 6.79. The molecular weight excluding hydrogens is 272 g/mol. The van der Waals surface area contributed by atoms with Crippen molar-refractivity contribution >= 4 is 11.9 Å². The number of esters is 2. The highest BCUT2D eigenvalue weighted by molar-refractivity contribution is 5.80. The van der Waals surface area contributed by atoms with E-state index in [1.54, 1.807) is 32.9 Å². The first kappa shape index (κ1) is 17.0. The maximum Gasteiger partial charge on any atom is 0.309 e. The Labute approximate surface area is 124 Å². The van der Waals surface area contributed by atoms with Crippen molar-refractivity contribution in [2.75, 3.05) is 7.11 Å². The standard InChI is InChI=1S/C16H22O5/c1-16(2,3)21-14(18)10-12(15(19)20-4)9-11-5-7-13(17)8-6-11/h5-8,12,17H,9-10H2,1-4H3/t12-/m1/s1. The van der Waals surface area contributed by atoms with E-state index in [0.29, 0.717) is 6.42 Å². The van der Waals surface area contributed by atoms with Crippen molar-refractivity contribution in [3.05, 3.63) is 29.8 Å². The molecular formula is C16H22O5. The number of aromatic hydroxyl groups is 1. The van der Waals surface area contributed by atoms with Gasteiger partial charge in [-0.15, -0.1) is 0 Å². The molecule has 1 aromatic rings. The smallest absolute Gasteiger partial charge is 0.309 e. The number of carbonyl (C=O) groups is 2. The Morgan fingerprint density at radius 2 is 1.76 bits per heavy atom. The maximum absolute atomic E-state index is 11.9. The predicted molar refractivity (Wildman–Crippen MR) is 77.8 cm³/mol. The normalized spacial score (nSPS) is 12.6. The second kappa shape index (κ2) is 7.11. The number of hydrogen-bond acceptors (Lipinski definition) is 5. The monoisotopic (exact) mass is 294 g/mol. The van der Waals surface area contributed by atoms with Gasteiger partial charge in [0.05, 0.1) is 19.4 Å². The first-order chi connectivity index (χ1) is 9.71. The summed E-state index contributed by atoms with van der Waals surface area (Å²) in [5.74, 6) is -1.33. The topological polar surface area (TPSA) is 72.8 Å². The highest BCUT2D eigenvalue weighted by Crippen LogP contribution is 2.19. The van der Waals surface area contributed by atoms with Crippen molar-refractivity contribution < 1.29 is 24.2 Å². The van der Waals surface area contributed by atoms with E-state index in [1.165, 1.54) is 19.2 Å². The number of methoxy groups -OCH3 is 1. The van der Waals surface area contributed by atoms with Gasteiger partial charge in [-0.05, 0) is 44.9 Å². The molecule has 0 aromatic heterocycles. The van der Waals surface area contributed by atoms with Crippen molar-refractivity contribution in [2.24, 2.45) is 5.92 Å². The van der Waals surface area contributed by atoms with E-state index < -0.39 is 23.5 Å². The summed E-state index contributed by atoms with van der Waals surface area (Å²) in [5.41, 5.74) is 0.253. The lowest BCUT2D eigenvalue weighted by Gasteiger charge is -2.21. The second-order valence-corrected chi connectivity index (χ2v) is 5.88. The van der Waals surface area contributed by atoms with Crippen LogP contribution in [0.25, 0.3) is 0 Å². The molecule has 0 unspecified atom stereocenters. The molecule has 0 saturated heterocycles. The van der Waals surface area contributed by atoms with Gasteiger partial charge < -0.3 is 14.6 Å². The molecule has 1 N–H and O–H groups in total. The van der Waals surface area contributed by atoms with Gasteiger partial charge in [0, 0.05) is 0 Å². The van der Waals surface area contributed by atoms with Crippen LogP contribution in [0.15, 0.2) is 24.3 Å². The lowest BCUT2D eigenvalue weighted by Crippen LogP contribution is -2.28. The minimum Gasteiger partial charge on any atom is -0.508 e. The Morgan fingerprint density at radius 1 is 1.19 bits per heavy atom. The molecule has 0 heterocycles. The maximum atomic E-state index is 11.9. The largest absolute Gasteiger partial charge is 0.508 e.